The second-order valence-corrected chi connectivity index (χ2v) is 14.7. The van der Waals surface area contributed by atoms with Gasteiger partial charge in [-0.25, -0.2) is 8.42 Å². The highest BCUT2D eigenvalue weighted by atomic mass is 35.5. The minimum absolute atomic E-state index is 0.00814. The number of anilines is 1. The van der Waals surface area contributed by atoms with E-state index in [0.29, 0.717) is 28.5 Å². The predicted octanol–water partition coefficient (Wildman–Crippen LogP) is 8.54. The molecule has 0 radical (unpaired) electrons. The number of carbonyl (C=O) groups is 2. The van der Waals surface area contributed by atoms with Gasteiger partial charge in [-0.15, -0.1) is 0 Å². The molecule has 2 atom stereocenters. The molecule has 5 aromatic carbocycles. The van der Waals surface area contributed by atoms with Crippen LogP contribution < -0.4 is 14.4 Å². The molecule has 11 heteroatoms. The smallest absolute Gasteiger partial charge is 0.264 e. The lowest BCUT2D eigenvalue weighted by atomic mass is 10.0. The average molecular weight is 745 g/mol. The fourth-order valence-corrected chi connectivity index (χ4v) is 7.14. The normalized spacial score (nSPS) is 12.4. The number of hydrogen-bond acceptors (Lipinski definition) is 5. The summed E-state index contributed by atoms with van der Waals surface area (Å²) in [6, 6.07) is 36.8. The fraction of sp³-hybridized carbons (Fsp3) is 0.200. The maximum absolute atomic E-state index is 14.7. The number of carbonyl (C=O) groups excluding carboxylic acids is 2. The molecule has 0 saturated carbocycles. The highest BCUT2D eigenvalue weighted by Gasteiger charge is 2.35. The van der Waals surface area contributed by atoms with Crippen LogP contribution in [0, 0.1) is 0 Å². The van der Waals surface area contributed by atoms with Crippen LogP contribution >= 0.6 is 23.2 Å². The van der Waals surface area contributed by atoms with Gasteiger partial charge in [0.05, 0.1) is 20.6 Å². The molecule has 0 aromatic heterocycles. The van der Waals surface area contributed by atoms with Gasteiger partial charge in [0.25, 0.3) is 10.0 Å². The first kappa shape index (κ1) is 37.4. The van der Waals surface area contributed by atoms with Crippen LogP contribution in [0.2, 0.25) is 10.0 Å². The van der Waals surface area contributed by atoms with Crippen LogP contribution in [-0.2, 0) is 32.6 Å². The topological polar surface area (TPSA) is 96.0 Å². The van der Waals surface area contributed by atoms with E-state index in [4.69, 9.17) is 27.9 Å². The van der Waals surface area contributed by atoms with Crippen LogP contribution in [0.1, 0.15) is 31.4 Å². The van der Waals surface area contributed by atoms with E-state index in [0.717, 1.165) is 9.87 Å². The zero-order chi connectivity index (χ0) is 36.4. The van der Waals surface area contributed by atoms with Crippen molar-refractivity contribution in [1.82, 2.24) is 10.2 Å². The molecule has 1 N–H and O–H groups in total. The molecule has 0 saturated heterocycles. The minimum atomic E-state index is -4.26. The van der Waals surface area contributed by atoms with Crippen LogP contribution in [0.25, 0.3) is 0 Å². The summed E-state index contributed by atoms with van der Waals surface area (Å²) in [6.45, 7) is 3.21. The summed E-state index contributed by atoms with van der Waals surface area (Å²) in [5.41, 5.74) is 1.69. The molecule has 0 bridgehead atoms. The summed E-state index contributed by atoms with van der Waals surface area (Å²) in [6.07, 6.45) is 0.866. The lowest BCUT2D eigenvalue weighted by molar-refractivity contribution is -0.140. The van der Waals surface area contributed by atoms with Gasteiger partial charge in [0.2, 0.25) is 11.8 Å². The molecule has 0 aliphatic carbocycles. The number of amides is 2. The van der Waals surface area contributed by atoms with E-state index in [1.165, 1.54) is 17.0 Å². The molecule has 51 heavy (non-hydrogen) atoms. The van der Waals surface area contributed by atoms with Crippen molar-refractivity contribution in [2.75, 3.05) is 10.8 Å². The highest BCUT2D eigenvalue weighted by molar-refractivity contribution is 7.92. The fourth-order valence-electron chi connectivity index (χ4n) is 5.38. The van der Waals surface area contributed by atoms with Gasteiger partial charge in [0, 0.05) is 19.0 Å². The van der Waals surface area contributed by atoms with E-state index in [9.17, 15) is 18.0 Å². The van der Waals surface area contributed by atoms with Gasteiger partial charge >= 0.3 is 0 Å². The lowest BCUT2D eigenvalue weighted by Crippen LogP contribution is -2.54. The van der Waals surface area contributed by atoms with Crippen molar-refractivity contribution in [2.24, 2.45) is 0 Å². The summed E-state index contributed by atoms with van der Waals surface area (Å²) in [7, 11) is -4.26. The van der Waals surface area contributed by atoms with Crippen molar-refractivity contribution < 1.29 is 22.7 Å². The molecule has 0 aliphatic heterocycles. The number of nitrogens with one attached hydrogen (secondary N) is 1. The number of halogens is 2. The summed E-state index contributed by atoms with van der Waals surface area (Å²) in [5, 5.41) is 3.66. The van der Waals surface area contributed by atoms with Gasteiger partial charge in [-0.05, 0) is 85.1 Å². The van der Waals surface area contributed by atoms with E-state index in [1.807, 2.05) is 74.5 Å². The van der Waals surface area contributed by atoms with E-state index >= 15 is 0 Å². The maximum atomic E-state index is 14.7. The van der Waals surface area contributed by atoms with Crippen LogP contribution in [0.4, 0.5) is 5.69 Å². The average Bonchev–Trinajstić information content (AvgIpc) is 3.14. The van der Waals surface area contributed by atoms with Crippen LogP contribution in [0.15, 0.2) is 138 Å². The molecule has 2 amide bonds. The van der Waals surface area contributed by atoms with Crippen molar-refractivity contribution in [1.29, 1.82) is 0 Å². The van der Waals surface area contributed by atoms with Crippen molar-refractivity contribution in [2.45, 2.75) is 50.2 Å². The minimum Gasteiger partial charge on any atom is -0.457 e. The highest BCUT2D eigenvalue weighted by Crippen LogP contribution is 2.29. The third-order valence-electron chi connectivity index (χ3n) is 8.32. The molecular formula is C40H39Cl2N3O5S. The third kappa shape index (κ3) is 9.91. The molecule has 264 valence electrons. The Hall–Kier alpha value is -4.83. The van der Waals surface area contributed by atoms with E-state index in [-0.39, 0.29) is 40.5 Å². The Balaban J connectivity index is 1.56. The van der Waals surface area contributed by atoms with Crippen molar-refractivity contribution in [3.8, 4) is 11.5 Å². The zero-order valence-electron chi connectivity index (χ0n) is 28.3. The van der Waals surface area contributed by atoms with Crippen molar-refractivity contribution in [3.05, 3.63) is 155 Å². The molecule has 5 rings (SSSR count). The van der Waals surface area contributed by atoms with Gasteiger partial charge in [-0.3, -0.25) is 13.9 Å². The predicted molar refractivity (Wildman–Crippen MR) is 203 cm³/mol. The Kier molecular flexibility index (Phi) is 12.8. The summed E-state index contributed by atoms with van der Waals surface area (Å²) in [5.74, 6) is 0.151. The van der Waals surface area contributed by atoms with Gasteiger partial charge in [0.15, 0.2) is 0 Å². The maximum Gasteiger partial charge on any atom is 0.264 e. The Morgan fingerprint density at radius 1 is 0.745 bits per heavy atom. The second kappa shape index (κ2) is 17.4. The standard InChI is InChI=1S/C40H39Cl2N3O5S/c1-3-29(2)43-40(47)38(26-30-13-7-4-8-14-30)44(27-31-19-24-36(41)37(42)25-31)39(46)28-45(51(48,49)35-17-11-6-12-18-35)32-20-22-34(23-21-32)50-33-15-9-5-10-16-33/h4-25,29,38H,3,26-28H2,1-2H3,(H,43,47). The number of rotatable bonds is 15. The van der Waals surface area contributed by atoms with Crippen LogP contribution in [-0.4, -0.2) is 43.8 Å². The number of nitrogens with zero attached hydrogens (tertiary/aromatic N) is 2. The largest absolute Gasteiger partial charge is 0.457 e. The van der Waals surface area contributed by atoms with Gasteiger partial charge in [0.1, 0.15) is 24.1 Å². The quantitative estimate of drug-likeness (QED) is 0.116. The molecular weight excluding hydrogens is 705 g/mol. The third-order valence-corrected chi connectivity index (χ3v) is 10.8. The van der Waals surface area contributed by atoms with Crippen molar-refractivity contribution in [3.63, 3.8) is 0 Å². The van der Waals surface area contributed by atoms with Crippen LogP contribution in [0.3, 0.4) is 0 Å². The van der Waals surface area contributed by atoms with E-state index < -0.39 is 28.5 Å². The molecule has 0 heterocycles. The van der Waals surface area contributed by atoms with Crippen molar-refractivity contribution >= 4 is 50.7 Å². The first-order chi connectivity index (χ1) is 24.5. The Morgan fingerprint density at radius 2 is 1.33 bits per heavy atom. The summed E-state index contributed by atoms with van der Waals surface area (Å²) >= 11 is 12.6. The Labute approximate surface area is 309 Å². The molecule has 0 fully saturated rings. The Bertz CT molecular complexity index is 2020. The molecule has 0 spiro atoms. The first-order valence-electron chi connectivity index (χ1n) is 16.5. The number of hydrogen-bond donors (Lipinski definition) is 1. The molecule has 0 aliphatic rings. The monoisotopic (exact) mass is 743 g/mol. The zero-order valence-corrected chi connectivity index (χ0v) is 30.6. The van der Waals surface area contributed by atoms with Gasteiger partial charge in [-0.1, -0.05) is 103 Å². The van der Waals surface area contributed by atoms with E-state index in [2.05, 4.69) is 5.32 Å². The SMILES string of the molecule is CCC(C)NC(=O)C(Cc1ccccc1)N(Cc1ccc(Cl)c(Cl)c1)C(=O)CN(c1ccc(Oc2ccccc2)cc1)S(=O)(=O)c1ccccc1. The second-order valence-electron chi connectivity index (χ2n) is 12.0. The van der Waals surface area contributed by atoms with Gasteiger partial charge in [-0.2, -0.15) is 0 Å². The van der Waals surface area contributed by atoms with E-state index in [1.54, 1.807) is 60.7 Å². The number of ether oxygens (including phenoxy) is 1. The van der Waals surface area contributed by atoms with Crippen LogP contribution in [0.5, 0.6) is 11.5 Å². The summed E-state index contributed by atoms with van der Waals surface area (Å²) < 4.78 is 35.6. The number of para-hydroxylation sites is 1. The first-order valence-corrected chi connectivity index (χ1v) is 18.7. The van der Waals surface area contributed by atoms with Gasteiger partial charge < -0.3 is 15.0 Å². The molecule has 2 unspecified atom stereocenters. The molecule has 5 aromatic rings. The number of sulfonamides is 1. The molecule has 8 nitrogen and oxygen atoms in total. The summed E-state index contributed by atoms with van der Waals surface area (Å²) in [4.78, 5) is 30.2. The lowest BCUT2D eigenvalue weighted by Gasteiger charge is -2.34. The Morgan fingerprint density at radius 3 is 1.94 bits per heavy atom. The number of benzene rings is 5.